The van der Waals surface area contributed by atoms with Crippen molar-refractivity contribution in [3.05, 3.63) is 35.6 Å². The highest BCUT2D eigenvalue weighted by atomic mass is 19.1. The van der Waals surface area contributed by atoms with Gasteiger partial charge in [-0.3, -0.25) is 0 Å². The van der Waals surface area contributed by atoms with E-state index < -0.39 is 5.97 Å². The molecule has 0 amide bonds. The van der Waals surface area contributed by atoms with Crippen molar-refractivity contribution in [2.24, 2.45) is 5.92 Å². The molecule has 0 spiro atoms. The van der Waals surface area contributed by atoms with Crippen LogP contribution >= 0.6 is 0 Å². The lowest BCUT2D eigenvalue weighted by atomic mass is 10.1. The van der Waals surface area contributed by atoms with Crippen molar-refractivity contribution in [1.82, 2.24) is 0 Å². The van der Waals surface area contributed by atoms with E-state index in [0.29, 0.717) is 6.42 Å². The van der Waals surface area contributed by atoms with Gasteiger partial charge in [-0.15, -0.1) is 0 Å². The average Bonchev–Trinajstić information content (AvgIpc) is 2.85. The molecule has 1 aromatic carbocycles. The van der Waals surface area contributed by atoms with Gasteiger partial charge in [-0.05, 0) is 30.0 Å². The number of rotatable bonds is 2. The zero-order valence-corrected chi connectivity index (χ0v) is 6.87. The summed E-state index contributed by atoms with van der Waals surface area (Å²) in [6, 6.07) is 5.95. The first kappa shape index (κ1) is 8.23. The average molecular weight is 179 g/mol. The van der Waals surface area contributed by atoms with E-state index in [1.165, 1.54) is 12.1 Å². The minimum Gasteiger partial charge on any atom is -0.550 e. The molecular weight excluding hydrogens is 171 g/mol. The lowest BCUT2D eigenvalue weighted by Crippen LogP contribution is -2.24. The number of halogens is 1. The molecule has 68 valence electrons. The topological polar surface area (TPSA) is 40.1 Å². The zero-order chi connectivity index (χ0) is 9.42. The van der Waals surface area contributed by atoms with Crippen molar-refractivity contribution in [2.45, 2.75) is 12.3 Å². The molecular formula is C10H8FO2-. The molecule has 0 radical (unpaired) electrons. The SMILES string of the molecule is O=C([O-])[C@@H]1C[C@H]1c1ccc(F)cc1. The van der Waals surface area contributed by atoms with Gasteiger partial charge in [0.1, 0.15) is 5.82 Å². The van der Waals surface area contributed by atoms with Crippen LogP contribution in [0.2, 0.25) is 0 Å². The molecule has 2 atom stereocenters. The molecule has 1 saturated carbocycles. The second-order valence-corrected chi connectivity index (χ2v) is 3.32. The molecule has 1 aliphatic rings. The maximum atomic E-state index is 12.5. The standard InChI is InChI=1S/C10H9FO2/c11-7-3-1-6(2-4-7)8-5-9(8)10(12)13/h1-4,8-9H,5H2,(H,12,13)/p-1/t8-,9+/m0/s1. The van der Waals surface area contributed by atoms with Gasteiger partial charge in [0, 0.05) is 11.9 Å². The molecule has 0 aromatic heterocycles. The van der Waals surface area contributed by atoms with Crippen LogP contribution in [0.15, 0.2) is 24.3 Å². The van der Waals surface area contributed by atoms with Crippen LogP contribution in [-0.2, 0) is 4.79 Å². The summed E-state index contributed by atoms with van der Waals surface area (Å²) in [7, 11) is 0. The summed E-state index contributed by atoms with van der Waals surface area (Å²) in [5.41, 5.74) is 0.885. The molecule has 0 saturated heterocycles. The Hall–Kier alpha value is -1.38. The first-order valence-electron chi connectivity index (χ1n) is 4.15. The Balaban J connectivity index is 2.12. The third-order valence-electron chi connectivity index (χ3n) is 2.39. The second kappa shape index (κ2) is 2.83. The van der Waals surface area contributed by atoms with Crippen LogP contribution in [0.25, 0.3) is 0 Å². The number of hydrogen-bond donors (Lipinski definition) is 0. The third kappa shape index (κ3) is 1.54. The molecule has 1 aliphatic carbocycles. The fourth-order valence-corrected chi connectivity index (χ4v) is 1.53. The molecule has 0 aliphatic heterocycles. The van der Waals surface area contributed by atoms with Crippen molar-refractivity contribution in [3.8, 4) is 0 Å². The van der Waals surface area contributed by atoms with Crippen LogP contribution in [0, 0.1) is 11.7 Å². The quantitative estimate of drug-likeness (QED) is 0.669. The summed E-state index contributed by atoms with van der Waals surface area (Å²) in [4.78, 5) is 10.4. The van der Waals surface area contributed by atoms with E-state index in [1.807, 2.05) is 0 Å². The van der Waals surface area contributed by atoms with Crippen molar-refractivity contribution in [1.29, 1.82) is 0 Å². The van der Waals surface area contributed by atoms with E-state index >= 15 is 0 Å². The van der Waals surface area contributed by atoms with Gasteiger partial charge in [-0.2, -0.15) is 0 Å². The van der Waals surface area contributed by atoms with Gasteiger partial charge in [0.2, 0.25) is 0 Å². The van der Waals surface area contributed by atoms with Gasteiger partial charge >= 0.3 is 0 Å². The maximum Gasteiger partial charge on any atom is 0.123 e. The number of carboxylic acids is 1. The summed E-state index contributed by atoms with van der Waals surface area (Å²) in [5.74, 6) is -1.64. The Morgan fingerprint density at radius 2 is 2.00 bits per heavy atom. The molecule has 0 unspecified atom stereocenters. The van der Waals surface area contributed by atoms with Crippen molar-refractivity contribution >= 4 is 5.97 Å². The van der Waals surface area contributed by atoms with Gasteiger partial charge in [-0.25, -0.2) is 4.39 Å². The summed E-state index contributed by atoms with van der Waals surface area (Å²) in [6.07, 6.45) is 0.619. The summed E-state index contributed by atoms with van der Waals surface area (Å²) < 4.78 is 12.5. The second-order valence-electron chi connectivity index (χ2n) is 3.32. The summed E-state index contributed by atoms with van der Waals surface area (Å²) >= 11 is 0. The highest BCUT2D eigenvalue weighted by Crippen LogP contribution is 2.46. The lowest BCUT2D eigenvalue weighted by molar-refractivity contribution is -0.308. The number of carboxylic acid groups (broad SMARTS) is 1. The molecule has 2 rings (SSSR count). The van der Waals surface area contributed by atoms with E-state index in [2.05, 4.69) is 0 Å². The van der Waals surface area contributed by atoms with Gasteiger partial charge in [0.25, 0.3) is 0 Å². The fraction of sp³-hybridized carbons (Fsp3) is 0.300. The molecule has 0 heterocycles. The van der Waals surface area contributed by atoms with Crippen LogP contribution in [0.4, 0.5) is 4.39 Å². The van der Waals surface area contributed by atoms with E-state index in [9.17, 15) is 14.3 Å². The molecule has 0 bridgehead atoms. The van der Waals surface area contributed by atoms with Crippen molar-refractivity contribution in [2.75, 3.05) is 0 Å². The first-order chi connectivity index (χ1) is 6.18. The molecule has 1 fully saturated rings. The molecule has 0 N–H and O–H groups in total. The molecule has 13 heavy (non-hydrogen) atoms. The summed E-state index contributed by atoms with van der Waals surface area (Å²) in [6.45, 7) is 0. The predicted molar refractivity (Wildman–Crippen MR) is 42.3 cm³/mol. The molecule has 2 nitrogen and oxygen atoms in total. The Bertz CT molecular complexity index is 331. The van der Waals surface area contributed by atoms with Crippen LogP contribution in [0.3, 0.4) is 0 Å². The van der Waals surface area contributed by atoms with Gasteiger partial charge in [0.05, 0.1) is 0 Å². The van der Waals surface area contributed by atoms with Crippen molar-refractivity contribution in [3.63, 3.8) is 0 Å². The minimum atomic E-state index is -1.01. The van der Waals surface area contributed by atoms with E-state index in [0.717, 1.165) is 5.56 Å². The van der Waals surface area contributed by atoms with Crippen molar-refractivity contribution < 1.29 is 14.3 Å². The van der Waals surface area contributed by atoms with Gasteiger partial charge < -0.3 is 9.90 Å². The fourth-order valence-electron chi connectivity index (χ4n) is 1.53. The molecule has 1 aromatic rings. The maximum absolute atomic E-state index is 12.5. The summed E-state index contributed by atoms with van der Waals surface area (Å²) in [5, 5.41) is 10.4. The van der Waals surface area contributed by atoms with Crippen LogP contribution < -0.4 is 5.11 Å². The van der Waals surface area contributed by atoms with Gasteiger partial charge in [-0.1, -0.05) is 12.1 Å². The largest absolute Gasteiger partial charge is 0.550 e. The van der Waals surface area contributed by atoms with Crippen LogP contribution in [0.5, 0.6) is 0 Å². The third-order valence-corrected chi connectivity index (χ3v) is 2.39. The first-order valence-corrected chi connectivity index (χ1v) is 4.15. The Morgan fingerprint density at radius 1 is 1.38 bits per heavy atom. The highest BCUT2D eigenvalue weighted by molar-refractivity contribution is 5.73. The number of aliphatic carboxylic acids is 1. The monoisotopic (exact) mass is 179 g/mol. The smallest absolute Gasteiger partial charge is 0.123 e. The Labute approximate surface area is 75.0 Å². The minimum absolute atomic E-state index is 0.0330. The Kier molecular flexibility index (Phi) is 1.79. The Morgan fingerprint density at radius 3 is 2.46 bits per heavy atom. The predicted octanol–water partition coefficient (Wildman–Crippen LogP) is 0.679. The van der Waals surface area contributed by atoms with Crippen LogP contribution in [0.1, 0.15) is 17.9 Å². The normalized spacial score (nSPS) is 25.6. The van der Waals surface area contributed by atoms with E-state index in [1.54, 1.807) is 12.1 Å². The van der Waals surface area contributed by atoms with E-state index in [-0.39, 0.29) is 17.7 Å². The van der Waals surface area contributed by atoms with E-state index in [4.69, 9.17) is 0 Å². The van der Waals surface area contributed by atoms with Crippen LogP contribution in [-0.4, -0.2) is 5.97 Å². The number of benzene rings is 1. The van der Waals surface area contributed by atoms with Gasteiger partial charge in [0.15, 0.2) is 0 Å². The highest BCUT2D eigenvalue weighted by Gasteiger charge is 2.39. The molecule has 3 heteroatoms. The number of carbonyl (C=O) groups excluding carboxylic acids is 1. The number of hydrogen-bond acceptors (Lipinski definition) is 2. The zero-order valence-electron chi connectivity index (χ0n) is 6.87. The number of carbonyl (C=O) groups is 1. The lowest BCUT2D eigenvalue weighted by Gasteiger charge is -2.00.